The van der Waals surface area contributed by atoms with Gasteiger partial charge in [0.15, 0.2) is 0 Å². The van der Waals surface area contributed by atoms with Crippen LogP contribution in [0.3, 0.4) is 0 Å². The van der Waals surface area contributed by atoms with Crippen LogP contribution in [0.25, 0.3) is 0 Å². The Labute approximate surface area is 147 Å². The van der Waals surface area contributed by atoms with E-state index in [2.05, 4.69) is 10.6 Å². The van der Waals surface area contributed by atoms with E-state index < -0.39 is 11.8 Å². The number of rotatable bonds is 5. The van der Waals surface area contributed by atoms with Gasteiger partial charge in [-0.15, -0.1) is 0 Å². The fraction of sp³-hybridized carbons (Fsp3) is 0.500. The zero-order valence-electron chi connectivity index (χ0n) is 14.9. The summed E-state index contributed by atoms with van der Waals surface area (Å²) in [7, 11) is 1.52. The lowest BCUT2D eigenvalue weighted by Gasteiger charge is -2.31. The second kappa shape index (κ2) is 8.62. The Bertz CT molecular complexity index is 658. The smallest absolute Gasteiger partial charge is 0.313 e. The Morgan fingerprint density at radius 1 is 1.24 bits per heavy atom. The van der Waals surface area contributed by atoms with E-state index in [1.165, 1.54) is 7.11 Å². The third-order valence-electron chi connectivity index (χ3n) is 4.01. The third kappa shape index (κ3) is 4.79. The molecule has 0 saturated carbocycles. The minimum atomic E-state index is -0.720. The van der Waals surface area contributed by atoms with Gasteiger partial charge in [-0.25, -0.2) is 0 Å². The van der Waals surface area contributed by atoms with Crippen LogP contribution >= 0.6 is 0 Å². The van der Waals surface area contributed by atoms with Gasteiger partial charge in [0.05, 0.1) is 6.61 Å². The van der Waals surface area contributed by atoms with Gasteiger partial charge < -0.3 is 20.3 Å². The molecular formula is C18H25N3O4. The van der Waals surface area contributed by atoms with Crippen LogP contribution in [0.5, 0.6) is 0 Å². The molecule has 1 aromatic rings. The summed E-state index contributed by atoms with van der Waals surface area (Å²) in [4.78, 5) is 37.7. The number of carbonyl (C=O) groups is 3. The average molecular weight is 347 g/mol. The summed E-state index contributed by atoms with van der Waals surface area (Å²) in [6, 6.07) is 5.37. The van der Waals surface area contributed by atoms with E-state index in [-0.39, 0.29) is 18.4 Å². The van der Waals surface area contributed by atoms with Crippen LogP contribution < -0.4 is 15.5 Å². The number of amides is 3. The molecule has 0 spiro atoms. The van der Waals surface area contributed by atoms with Gasteiger partial charge in [0.2, 0.25) is 5.91 Å². The molecule has 1 heterocycles. The van der Waals surface area contributed by atoms with Gasteiger partial charge in [0.1, 0.15) is 0 Å². The molecule has 7 heteroatoms. The van der Waals surface area contributed by atoms with Crippen molar-refractivity contribution < 1.29 is 19.1 Å². The van der Waals surface area contributed by atoms with Crippen molar-refractivity contribution in [1.82, 2.24) is 5.32 Å². The zero-order chi connectivity index (χ0) is 18.4. The molecule has 3 amide bonds. The van der Waals surface area contributed by atoms with Crippen molar-refractivity contribution in [2.24, 2.45) is 5.92 Å². The third-order valence-corrected chi connectivity index (χ3v) is 4.01. The number of carbonyl (C=O) groups excluding carboxylic acids is 3. The van der Waals surface area contributed by atoms with Crippen LogP contribution in [0, 0.1) is 5.92 Å². The number of hydrogen-bond acceptors (Lipinski definition) is 4. The molecule has 136 valence electrons. The standard InChI is InChI=1S/C18H25N3O4/c1-12(2)18(24)21-9-4-5-13-11-14(6-7-15(13)21)20-17(23)16(22)19-8-10-25-3/h6-7,11-12H,4-5,8-10H2,1-3H3,(H,19,22)(H,20,23). The van der Waals surface area contributed by atoms with Crippen LogP contribution in [0.15, 0.2) is 18.2 Å². The molecule has 0 fully saturated rings. The highest BCUT2D eigenvalue weighted by Crippen LogP contribution is 2.30. The van der Waals surface area contributed by atoms with E-state index in [1.807, 2.05) is 26.0 Å². The van der Waals surface area contributed by atoms with Gasteiger partial charge in [-0.3, -0.25) is 14.4 Å². The van der Waals surface area contributed by atoms with E-state index in [1.54, 1.807) is 11.0 Å². The molecule has 2 rings (SSSR count). The Hall–Kier alpha value is -2.41. The summed E-state index contributed by atoms with van der Waals surface area (Å²) in [5, 5.41) is 5.06. The van der Waals surface area contributed by atoms with Crippen molar-refractivity contribution >= 4 is 29.1 Å². The molecule has 1 aliphatic heterocycles. The first-order valence-corrected chi connectivity index (χ1v) is 8.46. The number of anilines is 2. The van der Waals surface area contributed by atoms with Gasteiger partial charge in [0.25, 0.3) is 0 Å². The first kappa shape index (κ1) is 18.9. The van der Waals surface area contributed by atoms with Crippen molar-refractivity contribution in [3.05, 3.63) is 23.8 Å². The Kier molecular flexibility index (Phi) is 6.52. The molecule has 2 N–H and O–H groups in total. The maximum absolute atomic E-state index is 12.3. The first-order chi connectivity index (χ1) is 11.9. The average Bonchev–Trinajstić information content (AvgIpc) is 2.60. The van der Waals surface area contributed by atoms with Gasteiger partial charge in [0, 0.05) is 37.5 Å². The molecule has 1 aromatic carbocycles. The maximum atomic E-state index is 12.3. The lowest BCUT2D eigenvalue weighted by molar-refractivity contribution is -0.136. The lowest BCUT2D eigenvalue weighted by atomic mass is 9.99. The Morgan fingerprint density at radius 3 is 2.68 bits per heavy atom. The molecular weight excluding hydrogens is 322 g/mol. The SMILES string of the molecule is COCCNC(=O)C(=O)Nc1ccc2c(c1)CCCN2C(=O)C(C)C. The van der Waals surface area contributed by atoms with E-state index in [0.717, 1.165) is 24.1 Å². The van der Waals surface area contributed by atoms with Crippen molar-refractivity contribution in [2.75, 3.05) is 37.0 Å². The number of hydrogen-bond donors (Lipinski definition) is 2. The highest BCUT2D eigenvalue weighted by molar-refractivity contribution is 6.39. The highest BCUT2D eigenvalue weighted by atomic mass is 16.5. The van der Waals surface area contributed by atoms with Crippen LogP contribution in [0.1, 0.15) is 25.8 Å². The molecule has 0 aromatic heterocycles. The summed E-state index contributed by atoms with van der Waals surface area (Å²) < 4.78 is 4.82. The van der Waals surface area contributed by atoms with Crippen molar-refractivity contribution in [3.63, 3.8) is 0 Å². The monoisotopic (exact) mass is 347 g/mol. The van der Waals surface area contributed by atoms with Crippen LogP contribution in [-0.4, -0.2) is 44.5 Å². The molecule has 1 aliphatic rings. The molecule has 0 saturated heterocycles. The van der Waals surface area contributed by atoms with E-state index >= 15 is 0 Å². The number of aryl methyl sites for hydroxylation is 1. The Balaban J connectivity index is 2.06. The van der Waals surface area contributed by atoms with Gasteiger partial charge >= 0.3 is 11.8 Å². The number of benzene rings is 1. The maximum Gasteiger partial charge on any atom is 0.313 e. The predicted octanol–water partition coefficient (Wildman–Crippen LogP) is 1.32. The summed E-state index contributed by atoms with van der Waals surface area (Å²) in [6.45, 7) is 5.09. The number of nitrogens with zero attached hydrogens (tertiary/aromatic N) is 1. The first-order valence-electron chi connectivity index (χ1n) is 8.46. The molecule has 0 atom stereocenters. The van der Waals surface area contributed by atoms with Crippen LogP contribution in [-0.2, 0) is 25.5 Å². The highest BCUT2D eigenvalue weighted by Gasteiger charge is 2.24. The fourth-order valence-electron chi connectivity index (χ4n) is 2.75. The fourth-order valence-corrected chi connectivity index (χ4v) is 2.75. The minimum Gasteiger partial charge on any atom is -0.383 e. The van der Waals surface area contributed by atoms with Crippen molar-refractivity contribution in [1.29, 1.82) is 0 Å². The topological polar surface area (TPSA) is 87.7 Å². The van der Waals surface area contributed by atoms with Crippen LogP contribution in [0.2, 0.25) is 0 Å². The van der Waals surface area contributed by atoms with Crippen LogP contribution in [0.4, 0.5) is 11.4 Å². The lowest BCUT2D eigenvalue weighted by Crippen LogP contribution is -2.38. The zero-order valence-corrected chi connectivity index (χ0v) is 14.9. The second-order valence-corrected chi connectivity index (χ2v) is 6.29. The predicted molar refractivity (Wildman–Crippen MR) is 95.5 cm³/mol. The number of ether oxygens (including phenoxy) is 1. The second-order valence-electron chi connectivity index (χ2n) is 6.29. The van der Waals surface area contributed by atoms with E-state index in [9.17, 15) is 14.4 Å². The molecule has 0 bridgehead atoms. The molecule has 25 heavy (non-hydrogen) atoms. The molecule has 0 aliphatic carbocycles. The summed E-state index contributed by atoms with van der Waals surface area (Å²) in [6.07, 6.45) is 1.71. The number of fused-ring (bicyclic) bond motifs is 1. The van der Waals surface area contributed by atoms with Gasteiger partial charge in [-0.1, -0.05) is 13.8 Å². The summed E-state index contributed by atoms with van der Waals surface area (Å²) in [5.41, 5.74) is 2.43. The van der Waals surface area contributed by atoms with E-state index in [0.29, 0.717) is 18.8 Å². The quantitative estimate of drug-likeness (QED) is 0.621. The number of methoxy groups -OCH3 is 1. The van der Waals surface area contributed by atoms with Gasteiger partial charge in [-0.2, -0.15) is 0 Å². The number of nitrogens with one attached hydrogen (secondary N) is 2. The Morgan fingerprint density at radius 2 is 2.00 bits per heavy atom. The minimum absolute atomic E-state index is 0.0684. The molecule has 0 unspecified atom stereocenters. The largest absolute Gasteiger partial charge is 0.383 e. The van der Waals surface area contributed by atoms with Crippen molar-refractivity contribution in [2.45, 2.75) is 26.7 Å². The van der Waals surface area contributed by atoms with Crippen molar-refractivity contribution in [3.8, 4) is 0 Å². The normalized spacial score (nSPS) is 13.4. The van der Waals surface area contributed by atoms with E-state index in [4.69, 9.17) is 4.74 Å². The summed E-state index contributed by atoms with van der Waals surface area (Å²) >= 11 is 0. The summed E-state index contributed by atoms with van der Waals surface area (Å²) in [5.74, 6) is -1.40. The molecule has 7 nitrogen and oxygen atoms in total. The van der Waals surface area contributed by atoms with Gasteiger partial charge in [-0.05, 0) is 36.6 Å². The molecule has 0 radical (unpaired) electrons.